The van der Waals surface area contributed by atoms with Gasteiger partial charge in [-0.05, 0) is 66.2 Å². The summed E-state index contributed by atoms with van der Waals surface area (Å²) in [6.07, 6.45) is 7.00. The number of nitrogens with zero attached hydrogens (tertiary/aromatic N) is 4. The Hall–Kier alpha value is -0.480. The third-order valence-corrected chi connectivity index (χ3v) is 4.21. The first kappa shape index (κ1) is 21.5. The standard InChI is InChI=1S/C16H28N4.2ClH/c1-15(2,13-9-5-7-11-17-13)19-20-16(3,4)14-10-6-8-12-18-14;;/h5-12H2,1-4H3;2*1H. The van der Waals surface area contributed by atoms with Gasteiger partial charge in [0.05, 0.1) is 0 Å². The average molecular weight is 349 g/mol. The van der Waals surface area contributed by atoms with Crippen LogP contribution in [0.25, 0.3) is 0 Å². The molecule has 0 atom stereocenters. The van der Waals surface area contributed by atoms with E-state index in [-0.39, 0.29) is 35.9 Å². The molecule has 0 aromatic heterocycles. The summed E-state index contributed by atoms with van der Waals surface area (Å²) in [6, 6.07) is 0. The first-order valence-electron chi connectivity index (χ1n) is 7.93. The van der Waals surface area contributed by atoms with E-state index in [2.05, 4.69) is 47.9 Å². The maximum absolute atomic E-state index is 4.65. The maximum atomic E-state index is 4.65. The van der Waals surface area contributed by atoms with Crippen molar-refractivity contribution in [3.05, 3.63) is 0 Å². The van der Waals surface area contributed by atoms with E-state index in [0.717, 1.165) is 25.9 Å². The molecule has 0 aliphatic carbocycles. The molecule has 128 valence electrons. The maximum Gasteiger partial charge on any atom is 0.113 e. The fourth-order valence-corrected chi connectivity index (χ4v) is 2.76. The highest BCUT2D eigenvalue weighted by molar-refractivity contribution is 5.94. The van der Waals surface area contributed by atoms with E-state index in [4.69, 9.17) is 0 Å². The molecule has 0 N–H and O–H groups in total. The van der Waals surface area contributed by atoms with Crippen molar-refractivity contribution in [1.29, 1.82) is 0 Å². The summed E-state index contributed by atoms with van der Waals surface area (Å²) in [5.74, 6) is 0. The number of azo groups is 1. The summed E-state index contributed by atoms with van der Waals surface area (Å²) in [5, 5.41) is 9.28. The van der Waals surface area contributed by atoms with Crippen LogP contribution in [0.15, 0.2) is 20.2 Å². The number of aliphatic imine (C=N–C) groups is 2. The summed E-state index contributed by atoms with van der Waals surface area (Å²) in [6.45, 7) is 10.4. The van der Waals surface area contributed by atoms with Gasteiger partial charge in [-0.3, -0.25) is 9.98 Å². The lowest BCUT2D eigenvalue weighted by Crippen LogP contribution is -2.35. The lowest BCUT2D eigenvalue weighted by Gasteiger charge is -2.28. The zero-order chi connectivity index (χ0) is 14.6. The molecule has 0 amide bonds. The van der Waals surface area contributed by atoms with Gasteiger partial charge in [0.1, 0.15) is 11.1 Å². The Balaban J connectivity index is 0.00000220. The minimum atomic E-state index is -0.271. The first-order valence-corrected chi connectivity index (χ1v) is 7.93. The highest BCUT2D eigenvalue weighted by Gasteiger charge is 2.30. The van der Waals surface area contributed by atoms with Crippen molar-refractivity contribution in [2.24, 2.45) is 20.2 Å². The van der Waals surface area contributed by atoms with Crippen molar-refractivity contribution >= 4 is 36.2 Å². The van der Waals surface area contributed by atoms with Crippen LogP contribution in [0.3, 0.4) is 0 Å². The van der Waals surface area contributed by atoms with Crippen molar-refractivity contribution in [2.75, 3.05) is 13.1 Å². The SMILES string of the molecule is CC(C)(N=NC(C)(C)C1=NCCCC1)C1=NCCCC1.Cl.Cl. The molecule has 0 saturated carbocycles. The van der Waals surface area contributed by atoms with Crippen LogP contribution in [-0.2, 0) is 0 Å². The summed E-state index contributed by atoms with van der Waals surface area (Å²) in [7, 11) is 0. The van der Waals surface area contributed by atoms with Crippen molar-refractivity contribution in [1.82, 2.24) is 0 Å². The summed E-state index contributed by atoms with van der Waals surface area (Å²) in [5.41, 5.74) is 1.86. The van der Waals surface area contributed by atoms with Gasteiger partial charge in [0.15, 0.2) is 0 Å². The van der Waals surface area contributed by atoms with Crippen LogP contribution in [-0.4, -0.2) is 35.6 Å². The molecular formula is C16H30Cl2N4. The molecule has 2 aliphatic rings. The van der Waals surface area contributed by atoms with Crippen LogP contribution < -0.4 is 0 Å². The van der Waals surface area contributed by atoms with Gasteiger partial charge in [-0.15, -0.1) is 24.8 Å². The molecule has 2 rings (SSSR count). The monoisotopic (exact) mass is 348 g/mol. The predicted octanol–water partition coefficient (Wildman–Crippen LogP) is 5.09. The summed E-state index contributed by atoms with van der Waals surface area (Å²) >= 11 is 0. The van der Waals surface area contributed by atoms with Crippen molar-refractivity contribution in [3.63, 3.8) is 0 Å². The van der Waals surface area contributed by atoms with Gasteiger partial charge in [-0.1, -0.05) is 0 Å². The molecule has 2 heterocycles. The molecule has 22 heavy (non-hydrogen) atoms. The van der Waals surface area contributed by atoms with Crippen LogP contribution in [0.4, 0.5) is 0 Å². The van der Waals surface area contributed by atoms with E-state index in [0.29, 0.717) is 0 Å². The molecule has 0 aromatic carbocycles. The van der Waals surface area contributed by atoms with Crippen LogP contribution in [0.1, 0.15) is 66.2 Å². The Bertz CT molecular complexity index is 399. The van der Waals surface area contributed by atoms with E-state index in [1.807, 2.05) is 0 Å². The average Bonchev–Trinajstić information content (AvgIpc) is 2.47. The fourth-order valence-electron chi connectivity index (χ4n) is 2.76. The van der Waals surface area contributed by atoms with Gasteiger partial charge in [-0.25, -0.2) is 0 Å². The van der Waals surface area contributed by atoms with Crippen molar-refractivity contribution in [2.45, 2.75) is 77.3 Å². The molecule has 0 aromatic rings. The fraction of sp³-hybridized carbons (Fsp3) is 0.875. The zero-order valence-electron chi connectivity index (χ0n) is 14.3. The molecule has 0 saturated heterocycles. The largest absolute Gasteiger partial charge is 0.292 e. The molecular weight excluding hydrogens is 319 g/mol. The summed E-state index contributed by atoms with van der Waals surface area (Å²) < 4.78 is 0. The van der Waals surface area contributed by atoms with Gasteiger partial charge >= 0.3 is 0 Å². The van der Waals surface area contributed by atoms with Gasteiger partial charge < -0.3 is 0 Å². The van der Waals surface area contributed by atoms with E-state index in [1.165, 1.54) is 37.1 Å². The molecule has 0 radical (unpaired) electrons. The Morgan fingerprint density at radius 1 is 0.682 bits per heavy atom. The highest BCUT2D eigenvalue weighted by Crippen LogP contribution is 2.25. The minimum Gasteiger partial charge on any atom is -0.292 e. The molecule has 4 nitrogen and oxygen atoms in total. The van der Waals surface area contributed by atoms with E-state index in [9.17, 15) is 0 Å². The Morgan fingerprint density at radius 3 is 1.32 bits per heavy atom. The second-order valence-corrected chi connectivity index (χ2v) is 6.89. The Kier molecular flexibility index (Phi) is 8.78. The Morgan fingerprint density at radius 2 is 1.05 bits per heavy atom. The number of hydrogen-bond donors (Lipinski definition) is 0. The van der Waals surface area contributed by atoms with Gasteiger partial charge in [-0.2, -0.15) is 10.2 Å². The third-order valence-electron chi connectivity index (χ3n) is 4.21. The molecule has 0 spiro atoms. The molecule has 0 fully saturated rings. The molecule has 0 unspecified atom stereocenters. The number of halogens is 2. The molecule has 0 bridgehead atoms. The zero-order valence-corrected chi connectivity index (χ0v) is 15.9. The van der Waals surface area contributed by atoms with Gasteiger partial charge in [0, 0.05) is 24.5 Å². The van der Waals surface area contributed by atoms with E-state index >= 15 is 0 Å². The second-order valence-electron chi connectivity index (χ2n) is 6.89. The third kappa shape index (κ3) is 5.62. The van der Waals surface area contributed by atoms with Crippen molar-refractivity contribution < 1.29 is 0 Å². The first-order chi connectivity index (χ1) is 9.42. The number of rotatable bonds is 4. The lowest BCUT2D eigenvalue weighted by atomic mass is 9.92. The van der Waals surface area contributed by atoms with Gasteiger partial charge in [0.25, 0.3) is 0 Å². The summed E-state index contributed by atoms with van der Waals surface area (Å²) in [4.78, 5) is 9.29. The Labute approximate surface area is 147 Å². The van der Waals surface area contributed by atoms with Crippen LogP contribution in [0.2, 0.25) is 0 Å². The lowest BCUT2D eigenvalue weighted by molar-refractivity contribution is 0.536. The van der Waals surface area contributed by atoms with E-state index in [1.54, 1.807) is 0 Å². The van der Waals surface area contributed by atoms with Crippen LogP contribution in [0.5, 0.6) is 0 Å². The number of hydrogen-bond acceptors (Lipinski definition) is 4. The predicted molar refractivity (Wildman–Crippen MR) is 99.8 cm³/mol. The highest BCUT2D eigenvalue weighted by atomic mass is 35.5. The quantitative estimate of drug-likeness (QED) is 0.635. The molecule has 6 heteroatoms. The van der Waals surface area contributed by atoms with Crippen LogP contribution >= 0.6 is 24.8 Å². The second kappa shape index (κ2) is 8.97. The van der Waals surface area contributed by atoms with Crippen LogP contribution in [0, 0.1) is 0 Å². The minimum absolute atomic E-state index is 0. The topological polar surface area (TPSA) is 49.4 Å². The smallest absolute Gasteiger partial charge is 0.113 e. The van der Waals surface area contributed by atoms with Gasteiger partial charge in [0.2, 0.25) is 0 Å². The molecule has 2 aliphatic heterocycles. The van der Waals surface area contributed by atoms with Crippen molar-refractivity contribution in [3.8, 4) is 0 Å². The van der Waals surface area contributed by atoms with E-state index < -0.39 is 0 Å². The normalized spacial score (nSPS) is 19.8.